The predicted octanol–water partition coefficient (Wildman–Crippen LogP) is 0.399. The second kappa shape index (κ2) is 5.65. The van der Waals surface area contributed by atoms with E-state index in [-0.39, 0.29) is 23.5 Å². The Morgan fingerprint density at radius 3 is 2.67 bits per heavy atom. The van der Waals surface area contributed by atoms with Crippen molar-refractivity contribution in [1.82, 2.24) is 0 Å². The van der Waals surface area contributed by atoms with Crippen LogP contribution in [-0.4, -0.2) is 33.6 Å². The molecule has 1 aliphatic heterocycles. The van der Waals surface area contributed by atoms with E-state index in [2.05, 4.69) is 21.2 Å². The summed E-state index contributed by atoms with van der Waals surface area (Å²) in [5.41, 5.74) is 5.51. The Labute approximate surface area is 131 Å². The predicted molar refractivity (Wildman–Crippen MR) is 81.0 cm³/mol. The third kappa shape index (κ3) is 3.27. The second-order valence-corrected chi connectivity index (χ2v) is 7.60. The lowest BCUT2D eigenvalue weighted by Gasteiger charge is -2.25. The monoisotopic (exact) mass is 377 g/mol. The topological polar surface area (TPSA) is 125 Å². The van der Waals surface area contributed by atoms with Gasteiger partial charge < -0.3 is 15.8 Å². The zero-order valence-corrected chi connectivity index (χ0v) is 13.7. The van der Waals surface area contributed by atoms with Gasteiger partial charge in [-0.25, -0.2) is 13.6 Å². The van der Waals surface area contributed by atoms with Crippen LogP contribution in [0, 0.1) is 5.41 Å². The lowest BCUT2D eigenvalue weighted by molar-refractivity contribution is -0.125. The number of amides is 1. The van der Waals surface area contributed by atoms with E-state index in [1.54, 1.807) is 6.92 Å². The highest BCUT2D eigenvalue weighted by Gasteiger charge is 2.44. The van der Waals surface area contributed by atoms with Crippen LogP contribution in [0.3, 0.4) is 0 Å². The summed E-state index contributed by atoms with van der Waals surface area (Å²) in [6.07, 6.45) is 0. The average Bonchev–Trinajstić information content (AvgIpc) is 2.72. The van der Waals surface area contributed by atoms with Gasteiger partial charge in [0.15, 0.2) is 0 Å². The van der Waals surface area contributed by atoms with Crippen LogP contribution in [0.5, 0.6) is 0 Å². The summed E-state index contributed by atoms with van der Waals surface area (Å²) in [5, 5.41) is 7.77. The van der Waals surface area contributed by atoms with E-state index >= 15 is 0 Å². The molecule has 7 nitrogen and oxygen atoms in total. The number of carbonyl (C=O) groups is 1. The SMILES string of the molecule is CC1(C(=O)Nc2ccc(S(N)(=O)=O)cc2Br)COCC1N. The fraction of sp³-hybridized carbons (Fsp3) is 0.417. The molecule has 2 atom stereocenters. The van der Waals surface area contributed by atoms with Crippen molar-refractivity contribution in [1.29, 1.82) is 0 Å². The van der Waals surface area contributed by atoms with Gasteiger partial charge in [-0.2, -0.15) is 0 Å². The first kappa shape index (κ1) is 16.4. The van der Waals surface area contributed by atoms with E-state index in [4.69, 9.17) is 15.6 Å². The van der Waals surface area contributed by atoms with Crippen molar-refractivity contribution in [2.24, 2.45) is 16.3 Å². The third-order valence-corrected chi connectivity index (χ3v) is 5.12. The summed E-state index contributed by atoms with van der Waals surface area (Å²) < 4.78 is 28.2. The summed E-state index contributed by atoms with van der Waals surface area (Å²) in [5.74, 6) is -0.281. The zero-order valence-electron chi connectivity index (χ0n) is 11.3. The molecule has 9 heteroatoms. The van der Waals surface area contributed by atoms with Crippen LogP contribution < -0.4 is 16.2 Å². The minimum Gasteiger partial charge on any atom is -0.379 e. The summed E-state index contributed by atoms with van der Waals surface area (Å²) in [6, 6.07) is 3.73. The number of sulfonamides is 1. The van der Waals surface area contributed by atoms with Crippen molar-refractivity contribution < 1.29 is 17.9 Å². The molecule has 1 aliphatic rings. The van der Waals surface area contributed by atoms with Gasteiger partial charge in [0.1, 0.15) is 0 Å². The molecule has 2 rings (SSSR count). The molecule has 5 N–H and O–H groups in total. The average molecular weight is 378 g/mol. The minimum absolute atomic E-state index is 0.0421. The van der Waals surface area contributed by atoms with Gasteiger partial charge in [0.25, 0.3) is 0 Å². The molecular weight excluding hydrogens is 362 g/mol. The van der Waals surface area contributed by atoms with E-state index in [0.29, 0.717) is 16.8 Å². The second-order valence-electron chi connectivity index (χ2n) is 5.18. The van der Waals surface area contributed by atoms with Gasteiger partial charge in [-0.1, -0.05) is 0 Å². The van der Waals surface area contributed by atoms with E-state index in [1.165, 1.54) is 18.2 Å². The quantitative estimate of drug-likeness (QED) is 0.702. The smallest absolute Gasteiger partial charge is 0.238 e. The van der Waals surface area contributed by atoms with Crippen LogP contribution in [0.25, 0.3) is 0 Å². The van der Waals surface area contributed by atoms with E-state index in [9.17, 15) is 13.2 Å². The number of ether oxygens (including phenoxy) is 1. The number of primary sulfonamides is 1. The largest absolute Gasteiger partial charge is 0.379 e. The maximum Gasteiger partial charge on any atom is 0.238 e. The van der Waals surface area contributed by atoms with Crippen LogP contribution >= 0.6 is 15.9 Å². The molecular formula is C12H16BrN3O4S. The Balaban J connectivity index is 2.23. The highest BCUT2D eigenvalue weighted by atomic mass is 79.9. The highest BCUT2D eigenvalue weighted by molar-refractivity contribution is 9.10. The first-order valence-corrected chi connectivity index (χ1v) is 8.45. The Kier molecular flexibility index (Phi) is 4.41. The molecule has 1 aromatic carbocycles. The molecule has 21 heavy (non-hydrogen) atoms. The first-order valence-electron chi connectivity index (χ1n) is 6.12. The molecule has 0 aromatic heterocycles. The van der Waals surface area contributed by atoms with Crippen LogP contribution in [0.2, 0.25) is 0 Å². The molecule has 0 saturated carbocycles. The van der Waals surface area contributed by atoms with E-state index in [1.807, 2.05) is 0 Å². The Morgan fingerprint density at radius 2 is 2.19 bits per heavy atom. The van der Waals surface area contributed by atoms with Crippen molar-refractivity contribution in [3.63, 3.8) is 0 Å². The van der Waals surface area contributed by atoms with Gasteiger partial charge >= 0.3 is 0 Å². The van der Waals surface area contributed by atoms with Crippen LogP contribution in [0.1, 0.15) is 6.92 Å². The number of benzene rings is 1. The molecule has 2 unspecified atom stereocenters. The molecule has 0 spiro atoms. The number of nitrogens with one attached hydrogen (secondary N) is 1. The summed E-state index contributed by atoms with van der Waals surface area (Å²) in [6.45, 7) is 2.30. The minimum atomic E-state index is -3.79. The zero-order chi connectivity index (χ0) is 15.8. The van der Waals surface area contributed by atoms with Gasteiger partial charge in [-0.3, -0.25) is 4.79 Å². The Hall–Kier alpha value is -1.00. The van der Waals surface area contributed by atoms with E-state index < -0.39 is 15.4 Å². The van der Waals surface area contributed by atoms with Gasteiger partial charge in [0, 0.05) is 10.5 Å². The molecule has 0 radical (unpaired) electrons. The molecule has 1 saturated heterocycles. The fourth-order valence-corrected chi connectivity index (χ4v) is 3.13. The molecule has 1 amide bonds. The lowest BCUT2D eigenvalue weighted by atomic mass is 9.85. The first-order chi connectivity index (χ1) is 9.64. The maximum atomic E-state index is 12.3. The highest BCUT2D eigenvalue weighted by Crippen LogP contribution is 2.31. The Bertz CT molecular complexity index is 679. The molecule has 116 valence electrons. The van der Waals surface area contributed by atoms with Crippen LogP contribution in [-0.2, 0) is 19.6 Å². The fourth-order valence-electron chi connectivity index (χ4n) is 1.96. The standard InChI is InChI=1S/C12H16BrN3O4S/c1-12(6-20-5-10(12)14)11(17)16-9-3-2-7(4-8(9)13)21(15,18)19/h2-4,10H,5-6,14H2,1H3,(H,16,17)(H2,15,18,19). The van der Waals surface area contributed by atoms with Crippen LogP contribution in [0.4, 0.5) is 5.69 Å². The molecule has 0 bridgehead atoms. The summed E-state index contributed by atoms with van der Waals surface area (Å²) >= 11 is 3.21. The summed E-state index contributed by atoms with van der Waals surface area (Å²) in [7, 11) is -3.79. The number of hydrogen-bond acceptors (Lipinski definition) is 5. The van der Waals surface area contributed by atoms with Gasteiger partial charge in [-0.15, -0.1) is 0 Å². The number of halogens is 1. The van der Waals surface area contributed by atoms with Crippen molar-refractivity contribution in [2.75, 3.05) is 18.5 Å². The number of anilines is 1. The Morgan fingerprint density at radius 1 is 1.52 bits per heavy atom. The van der Waals surface area contributed by atoms with Crippen molar-refractivity contribution in [2.45, 2.75) is 17.9 Å². The summed E-state index contributed by atoms with van der Waals surface area (Å²) in [4.78, 5) is 12.3. The molecule has 1 fully saturated rings. The molecule has 1 heterocycles. The molecule has 1 aromatic rings. The van der Waals surface area contributed by atoms with E-state index in [0.717, 1.165) is 0 Å². The van der Waals surface area contributed by atoms with Gasteiger partial charge in [-0.05, 0) is 41.1 Å². The third-order valence-electron chi connectivity index (χ3n) is 3.55. The lowest BCUT2D eigenvalue weighted by Crippen LogP contribution is -2.47. The molecule has 0 aliphatic carbocycles. The number of carbonyl (C=O) groups excluding carboxylic acids is 1. The van der Waals surface area contributed by atoms with Crippen LogP contribution in [0.15, 0.2) is 27.6 Å². The number of rotatable bonds is 3. The van der Waals surface area contributed by atoms with Crippen molar-refractivity contribution in [3.8, 4) is 0 Å². The number of nitrogens with two attached hydrogens (primary N) is 2. The van der Waals surface area contributed by atoms with Crippen molar-refractivity contribution in [3.05, 3.63) is 22.7 Å². The maximum absolute atomic E-state index is 12.3. The van der Waals surface area contributed by atoms with Gasteiger partial charge in [0.2, 0.25) is 15.9 Å². The van der Waals surface area contributed by atoms with Gasteiger partial charge in [0.05, 0.1) is 29.2 Å². The normalized spacial score (nSPS) is 25.8. The number of hydrogen-bond donors (Lipinski definition) is 3. The van der Waals surface area contributed by atoms with Crippen molar-refractivity contribution >= 4 is 37.5 Å².